The highest BCUT2D eigenvalue weighted by molar-refractivity contribution is 4.77. The molecule has 0 saturated heterocycles. The van der Waals surface area contributed by atoms with Crippen molar-refractivity contribution >= 4 is 0 Å². The van der Waals surface area contributed by atoms with Gasteiger partial charge >= 0.3 is 0 Å². The standard InChI is InChI=1S/C9H19NO/c1-11-7-9-4-2-3-8(9)5-6-10/h8-9H,2-7,10H2,1H3. The molecular formula is C9H19NO. The Hall–Kier alpha value is -0.0800. The Balaban J connectivity index is 2.25. The number of hydrogen-bond acceptors (Lipinski definition) is 2. The Bertz CT molecular complexity index is 93.7. The molecule has 0 radical (unpaired) electrons. The lowest BCUT2D eigenvalue weighted by molar-refractivity contribution is 0.131. The topological polar surface area (TPSA) is 35.2 Å². The molecule has 0 aromatic heterocycles. The number of methoxy groups -OCH3 is 1. The molecule has 0 aromatic carbocycles. The van der Waals surface area contributed by atoms with Crippen LogP contribution in [0, 0.1) is 11.8 Å². The van der Waals surface area contributed by atoms with E-state index in [1.807, 2.05) is 0 Å². The van der Waals surface area contributed by atoms with Crippen molar-refractivity contribution in [3.63, 3.8) is 0 Å². The summed E-state index contributed by atoms with van der Waals surface area (Å²) in [5.41, 5.74) is 5.53. The van der Waals surface area contributed by atoms with Gasteiger partial charge in [-0.1, -0.05) is 12.8 Å². The molecule has 0 heterocycles. The minimum atomic E-state index is 0.795. The molecule has 11 heavy (non-hydrogen) atoms. The molecule has 2 N–H and O–H groups in total. The normalized spacial score (nSPS) is 31.1. The monoisotopic (exact) mass is 157 g/mol. The van der Waals surface area contributed by atoms with Gasteiger partial charge in [-0.3, -0.25) is 0 Å². The van der Waals surface area contributed by atoms with E-state index in [4.69, 9.17) is 10.5 Å². The maximum atomic E-state index is 5.53. The first-order valence-corrected chi connectivity index (χ1v) is 4.57. The van der Waals surface area contributed by atoms with Crippen molar-refractivity contribution in [2.45, 2.75) is 25.7 Å². The van der Waals surface area contributed by atoms with Crippen LogP contribution < -0.4 is 5.73 Å². The summed E-state index contributed by atoms with van der Waals surface area (Å²) in [6, 6.07) is 0. The number of ether oxygens (including phenoxy) is 1. The van der Waals surface area contributed by atoms with Gasteiger partial charge in [0, 0.05) is 13.7 Å². The highest BCUT2D eigenvalue weighted by atomic mass is 16.5. The lowest BCUT2D eigenvalue weighted by atomic mass is 9.94. The number of nitrogens with two attached hydrogens (primary N) is 1. The number of rotatable bonds is 4. The van der Waals surface area contributed by atoms with E-state index >= 15 is 0 Å². The van der Waals surface area contributed by atoms with Gasteiger partial charge in [0.15, 0.2) is 0 Å². The van der Waals surface area contributed by atoms with Crippen molar-refractivity contribution in [2.75, 3.05) is 20.3 Å². The first-order chi connectivity index (χ1) is 5.38. The summed E-state index contributed by atoms with van der Waals surface area (Å²) in [7, 11) is 1.79. The van der Waals surface area contributed by atoms with Crippen molar-refractivity contribution in [1.82, 2.24) is 0 Å². The van der Waals surface area contributed by atoms with E-state index in [0.717, 1.165) is 25.0 Å². The first-order valence-electron chi connectivity index (χ1n) is 4.57. The molecule has 2 heteroatoms. The van der Waals surface area contributed by atoms with Crippen LogP contribution in [0.4, 0.5) is 0 Å². The molecule has 0 bridgehead atoms. The summed E-state index contributed by atoms with van der Waals surface area (Å²) in [5, 5.41) is 0. The Morgan fingerprint density at radius 2 is 2.09 bits per heavy atom. The van der Waals surface area contributed by atoms with E-state index in [9.17, 15) is 0 Å². The second kappa shape index (κ2) is 4.73. The Morgan fingerprint density at radius 1 is 1.36 bits per heavy atom. The minimum Gasteiger partial charge on any atom is -0.384 e. The van der Waals surface area contributed by atoms with E-state index < -0.39 is 0 Å². The maximum absolute atomic E-state index is 5.53. The summed E-state index contributed by atoms with van der Waals surface area (Å²) in [6.45, 7) is 1.77. The van der Waals surface area contributed by atoms with E-state index in [0.29, 0.717) is 0 Å². The fourth-order valence-corrected chi connectivity index (χ4v) is 2.14. The van der Waals surface area contributed by atoms with Gasteiger partial charge in [0.1, 0.15) is 0 Å². The largest absolute Gasteiger partial charge is 0.384 e. The van der Waals surface area contributed by atoms with Gasteiger partial charge in [0.05, 0.1) is 0 Å². The molecule has 1 rings (SSSR count). The predicted molar refractivity (Wildman–Crippen MR) is 46.4 cm³/mol. The van der Waals surface area contributed by atoms with Gasteiger partial charge in [-0.15, -0.1) is 0 Å². The molecule has 66 valence electrons. The molecule has 1 aliphatic carbocycles. The molecule has 0 amide bonds. The third-order valence-corrected chi connectivity index (χ3v) is 2.73. The summed E-state index contributed by atoms with van der Waals surface area (Å²) in [5.74, 6) is 1.64. The first kappa shape index (κ1) is 9.01. The third-order valence-electron chi connectivity index (χ3n) is 2.73. The lowest BCUT2D eigenvalue weighted by Gasteiger charge is -2.17. The van der Waals surface area contributed by atoms with E-state index in [1.165, 1.54) is 25.7 Å². The molecule has 1 aliphatic rings. The third kappa shape index (κ3) is 2.46. The summed E-state index contributed by atoms with van der Waals surface area (Å²) < 4.78 is 5.16. The zero-order valence-electron chi connectivity index (χ0n) is 7.38. The van der Waals surface area contributed by atoms with E-state index in [2.05, 4.69) is 0 Å². The van der Waals surface area contributed by atoms with Crippen LogP contribution in [0.5, 0.6) is 0 Å². The lowest BCUT2D eigenvalue weighted by Crippen LogP contribution is -2.17. The Morgan fingerprint density at radius 3 is 2.73 bits per heavy atom. The maximum Gasteiger partial charge on any atom is 0.0493 e. The molecule has 2 unspecified atom stereocenters. The molecule has 2 nitrogen and oxygen atoms in total. The molecule has 0 aliphatic heterocycles. The van der Waals surface area contributed by atoms with Crippen molar-refractivity contribution < 1.29 is 4.74 Å². The average molecular weight is 157 g/mol. The highest BCUT2D eigenvalue weighted by Gasteiger charge is 2.25. The zero-order chi connectivity index (χ0) is 8.10. The van der Waals surface area contributed by atoms with Gasteiger partial charge in [-0.05, 0) is 31.2 Å². The van der Waals surface area contributed by atoms with Crippen molar-refractivity contribution in [3.8, 4) is 0 Å². The van der Waals surface area contributed by atoms with E-state index in [-0.39, 0.29) is 0 Å². The summed E-state index contributed by atoms with van der Waals surface area (Å²) in [6.07, 6.45) is 5.27. The van der Waals surface area contributed by atoms with E-state index in [1.54, 1.807) is 7.11 Å². The van der Waals surface area contributed by atoms with Gasteiger partial charge in [0.2, 0.25) is 0 Å². The molecule has 2 atom stereocenters. The molecular weight excluding hydrogens is 138 g/mol. The van der Waals surface area contributed by atoms with Crippen LogP contribution in [0.15, 0.2) is 0 Å². The van der Waals surface area contributed by atoms with Crippen LogP contribution in [0.25, 0.3) is 0 Å². The molecule has 1 saturated carbocycles. The fraction of sp³-hybridized carbons (Fsp3) is 1.00. The SMILES string of the molecule is COCC1CCCC1CCN. The van der Waals surface area contributed by atoms with Gasteiger partial charge in [-0.25, -0.2) is 0 Å². The van der Waals surface area contributed by atoms with Crippen LogP contribution >= 0.6 is 0 Å². The van der Waals surface area contributed by atoms with Crippen LogP contribution in [-0.4, -0.2) is 20.3 Å². The fourth-order valence-electron chi connectivity index (χ4n) is 2.14. The average Bonchev–Trinajstić information content (AvgIpc) is 2.39. The summed E-state index contributed by atoms with van der Waals surface area (Å²) >= 11 is 0. The van der Waals surface area contributed by atoms with Gasteiger partial charge in [0.25, 0.3) is 0 Å². The molecule has 0 spiro atoms. The van der Waals surface area contributed by atoms with Crippen LogP contribution in [0.2, 0.25) is 0 Å². The second-order valence-electron chi connectivity index (χ2n) is 3.48. The van der Waals surface area contributed by atoms with Gasteiger partial charge in [-0.2, -0.15) is 0 Å². The smallest absolute Gasteiger partial charge is 0.0493 e. The van der Waals surface area contributed by atoms with Crippen molar-refractivity contribution in [1.29, 1.82) is 0 Å². The quantitative estimate of drug-likeness (QED) is 0.669. The van der Waals surface area contributed by atoms with Crippen LogP contribution in [0.1, 0.15) is 25.7 Å². The Labute approximate surface area is 69.1 Å². The highest BCUT2D eigenvalue weighted by Crippen LogP contribution is 2.33. The predicted octanol–water partition coefficient (Wildman–Crippen LogP) is 1.40. The zero-order valence-corrected chi connectivity index (χ0v) is 7.38. The van der Waals surface area contributed by atoms with Crippen LogP contribution in [0.3, 0.4) is 0 Å². The molecule has 1 fully saturated rings. The summed E-state index contributed by atoms with van der Waals surface area (Å²) in [4.78, 5) is 0. The van der Waals surface area contributed by atoms with Crippen LogP contribution in [-0.2, 0) is 4.74 Å². The van der Waals surface area contributed by atoms with Gasteiger partial charge < -0.3 is 10.5 Å². The number of hydrogen-bond donors (Lipinski definition) is 1. The second-order valence-corrected chi connectivity index (χ2v) is 3.48. The minimum absolute atomic E-state index is 0.795. The Kier molecular flexibility index (Phi) is 3.87. The van der Waals surface area contributed by atoms with Crippen molar-refractivity contribution in [3.05, 3.63) is 0 Å². The van der Waals surface area contributed by atoms with Crippen molar-refractivity contribution in [2.24, 2.45) is 17.6 Å². The molecule has 0 aromatic rings.